The fourth-order valence-electron chi connectivity index (χ4n) is 9.93. The zero-order valence-electron chi connectivity index (χ0n) is 32.5. The zero-order valence-corrected chi connectivity index (χ0v) is 33.2. The minimum absolute atomic E-state index is 0.0211. The van der Waals surface area contributed by atoms with Crippen molar-refractivity contribution < 1.29 is 33.5 Å². The third-order valence-corrected chi connectivity index (χ3v) is 13.4. The quantitative estimate of drug-likeness (QED) is 0.341. The summed E-state index contributed by atoms with van der Waals surface area (Å²) in [5.74, 6) is -1.48. The fraction of sp³-hybridized carbons (Fsp3) is 0.432. The molecule has 14 nitrogen and oxygen atoms in total. The molecule has 15 heteroatoms. The Morgan fingerprint density at radius 1 is 0.729 bits per heavy atom. The molecule has 6 aliphatic rings. The van der Waals surface area contributed by atoms with Crippen LogP contribution in [0, 0.1) is 11.3 Å². The van der Waals surface area contributed by atoms with E-state index in [1.165, 1.54) is 0 Å². The van der Waals surface area contributed by atoms with Crippen LogP contribution in [0.5, 0.6) is 5.75 Å². The van der Waals surface area contributed by atoms with Crippen molar-refractivity contribution >= 4 is 52.7 Å². The van der Waals surface area contributed by atoms with E-state index in [4.69, 9.17) is 21.6 Å². The van der Waals surface area contributed by atoms with Crippen LogP contribution in [-0.4, -0.2) is 125 Å². The predicted octanol–water partition coefficient (Wildman–Crippen LogP) is 4.25. The molecular weight excluding hydrogens is 774 g/mol. The maximum Gasteiger partial charge on any atom is 0.262 e. The number of fused-ring (bicyclic) bond motifs is 3. The number of halogens is 1. The van der Waals surface area contributed by atoms with Gasteiger partial charge in [0, 0.05) is 99.5 Å². The van der Waals surface area contributed by atoms with Gasteiger partial charge in [-0.3, -0.25) is 43.9 Å². The van der Waals surface area contributed by atoms with Crippen molar-refractivity contribution in [3.8, 4) is 11.8 Å². The Morgan fingerprint density at radius 2 is 1.39 bits per heavy atom. The number of hydrogen-bond donors (Lipinski definition) is 1. The van der Waals surface area contributed by atoms with Gasteiger partial charge >= 0.3 is 0 Å². The highest BCUT2D eigenvalue weighted by Gasteiger charge is 2.46. The smallest absolute Gasteiger partial charge is 0.262 e. The number of carbonyl (C=O) groups is 6. The normalized spacial score (nSPS) is 24.9. The Morgan fingerprint density at radius 3 is 2.03 bits per heavy atom. The zero-order chi connectivity index (χ0) is 40.9. The van der Waals surface area contributed by atoms with Crippen molar-refractivity contribution in [1.29, 1.82) is 5.26 Å². The van der Waals surface area contributed by atoms with Gasteiger partial charge < -0.3 is 19.4 Å². The highest BCUT2D eigenvalue weighted by atomic mass is 35.5. The van der Waals surface area contributed by atoms with Gasteiger partial charge in [-0.25, -0.2) is 0 Å². The van der Waals surface area contributed by atoms with Gasteiger partial charge in [-0.15, -0.1) is 0 Å². The first kappa shape index (κ1) is 38.7. The number of anilines is 1. The first-order valence-electron chi connectivity index (χ1n) is 20.5. The number of imide groups is 2. The fourth-order valence-corrected chi connectivity index (χ4v) is 10.1. The first-order chi connectivity index (χ1) is 28.6. The van der Waals surface area contributed by atoms with E-state index in [0.717, 1.165) is 75.3 Å². The summed E-state index contributed by atoms with van der Waals surface area (Å²) in [6, 6.07) is 19.0. The maximum atomic E-state index is 13.8. The number of nitrogens with one attached hydrogen (secondary N) is 1. The number of hydrogen-bond acceptors (Lipinski definition) is 10. The summed E-state index contributed by atoms with van der Waals surface area (Å²) in [6.45, 7) is 4.29. The van der Waals surface area contributed by atoms with Gasteiger partial charge in [0.15, 0.2) is 0 Å². The van der Waals surface area contributed by atoms with E-state index in [2.05, 4.69) is 21.2 Å². The van der Waals surface area contributed by atoms with Gasteiger partial charge in [-0.1, -0.05) is 11.6 Å². The van der Waals surface area contributed by atoms with Crippen LogP contribution in [0.1, 0.15) is 98.4 Å². The van der Waals surface area contributed by atoms with Gasteiger partial charge in [0.25, 0.3) is 23.6 Å². The molecule has 4 atom stereocenters. The molecule has 59 heavy (non-hydrogen) atoms. The monoisotopic (exact) mass is 817 g/mol. The van der Waals surface area contributed by atoms with Crippen LogP contribution >= 0.6 is 11.6 Å². The summed E-state index contributed by atoms with van der Waals surface area (Å²) < 4.78 is 6.24. The number of nitrogens with zero attached hydrogens (tertiary/aromatic N) is 6. The van der Waals surface area contributed by atoms with E-state index in [9.17, 15) is 28.8 Å². The minimum Gasteiger partial charge on any atom is -0.490 e. The molecule has 2 bridgehead atoms. The van der Waals surface area contributed by atoms with Gasteiger partial charge in [0.2, 0.25) is 11.8 Å². The molecule has 304 valence electrons. The Balaban J connectivity index is 0.745. The van der Waals surface area contributed by atoms with E-state index in [0.29, 0.717) is 46.6 Å². The first-order valence-corrected chi connectivity index (χ1v) is 20.9. The molecule has 0 radical (unpaired) electrons. The van der Waals surface area contributed by atoms with E-state index >= 15 is 0 Å². The molecule has 3 aromatic carbocycles. The highest BCUT2D eigenvalue weighted by Crippen LogP contribution is 2.39. The van der Waals surface area contributed by atoms with Crippen molar-refractivity contribution in [3.05, 3.63) is 93.5 Å². The lowest BCUT2D eigenvalue weighted by Crippen LogP contribution is -2.54. The largest absolute Gasteiger partial charge is 0.490 e. The number of rotatable bonds is 7. The number of benzene rings is 3. The van der Waals surface area contributed by atoms with Crippen molar-refractivity contribution in [3.63, 3.8) is 0 Å². The lowest BCUT2D eigenvalue weighted by Gasteiger charge is -2.43. The van der Waals surface area contributed by atoms with Crippen LogP contribution < -0.4 is 15.0 Å². The number of carbonyl (C=O) groups excluding carboxylic acids is 6. The molecule has 6 heterocycles. The second kappa shape index (κ2) is 15.8. The summed E-state index contributed by atoms with van der Waals surface area (Å²) >= 11 is 6.21. The van der Waals surface area contributed by atoms with Gasteiger partial charge in [-0.2, -0.15) is 5.26 Å². The molecule has 1 unspecified atom stereocenters. The lowest BCUT2D eigenvalue weighted by molar-refractivity contribution is -0.136. The molecule has 5 fully saturated rings. The molecule has 1 N–H and O–H groups in total. The van der Waals surface area contributed by atoms with E-state index in [1.807, 2.05) is 15.9 Å². The molecule has 0 aliphatic carbocycles. The molecule has 9 rings (SSSR count). The highest BCUT2D eigenvalue weighted by molar-refractivity contribution is 6.31. The second-order valence-corrected chi connectivity index (χ2v) is 16.8. The molecule has 0 saturated carbocycles. The van der Waals surface area contributed by atoms with E-state index in [1.54, 1.807) is 54.6 Å². The summed E-state index contributed by atoms with van der Waals surface area (Å²) in [5.41, 5.74) is 2.94. The molecule has 0 aromatic heterocycles. The van der Waals surface area contributed by atoms with Gasteiger partial charge in [0.05, 0.1) is 21.7 Å². The number of piperazine rings is 1. The summed E-state index contributed by atoms with van der Waals surface area (Å²) in [4.78, 5) is 87.4. The minimum atomic E-state index is -0.993. The lowest BCUT2D eigenvalue weighted by atomic mass is 9.98. The van der Waals surface area contributed by atoms with Crippen molar-refractivity contribution in [1.82, 2.24) is 24.9 Å². The Kier molecular flexibility index (Phi) is 10.3. The van der Waals surface area contributed by atoms with Crippen LogP contribution in [0.3, 0.4) is 0 Å². The molecule has 6 aliphatic heterocycles. The standard InChI is InChI=1S/C44H44ClN7O7/c45-37-24-33(9-5-28(37)25-46)59-34-21-31-6-7-32(22-34)51(31)42(56)27-3-1-26(2-4-27)41(55)50-19-17-49(18-20-50)29-13-15-48(16-14-29)30-8-10-35-36(23-30)44(58)52(43(35)57)38-11-12-39(53)47-40(38)54/h1-5,8-10,23-24,29,31-32,34,38H,6-7,11-22H2,(H,47,53,54)/t31-,32+,34+,38?. The van der Waals surface area contributed by atoms with Crippen LogP contribution in [0.4, 0.5) is 5.69 Å². The SMILES string of the molecule is N#Cc1ccc(O[C@H]2C[C@H]3CC[C@@H](C2)N3C(=O)c2ccc(C(=O)N3CCN(C4CCN(c5ccc6c(c5)C(=O)N(C5CCC(=O)NC5=O)C6=O)CC4)CC3)cc2)cc1Cl. The van der Waals surface area contributed by atoms with Gasteiger partial charge in [0.1, 0.15) is 24.0 Å². The van der Waals surface area contributed by atoms with E-state index < -0.39 is 29.7 Å². The number of piperidine rings is 3. The molecular formula is C44H44ClN7O7. The van der Waals surface area contributed by atoms with Crippen molar-refractivity contribution in [2.24, 2.45) is 0 Å². The summed E-state index contributed by atoms with van der Waals surface area (Å²) in [5, 5.41) is 11.8. The Bertz CT molecular complexity index is 2260. The summed E-state index contributed by atoms with van der Waals surface area (Å²) in [7, 11) is 0. The number of amides is 6. The Hall–Kier alpha value is -5.78. The van der Waals surface area contributed by atoms with Crippen LogP contribution in [0.25, 0.3) is 0 Å². The maximum absolute atomic E-state index is 13.8. The van der Waals surface area contributed by atoms with E-state index in [-0.39, 0.29) is 54.0 Å². The third kappa shape index (κ3) is 7.31. The molecule has 5 saturated heterocycles. The number of nitriles is 1. The van der Waals surface area contributed by atoms with Crippen molar-refractivity contribution in [2.45, 2.75) is 81.6 Å². The van der Waals surface area contributed by atoms with Crippen LogP contribution in [-0.2, 0) is 9.59 Å². The third-order valence-electron chi connectivity index (χ3n) is 13.0. The topological polar surface area (TPSA) is 164 Å². The average molecular weight is 818 g/mol. The Labute approximate surface area is 346 Å². The summed E-state index contributed by atoms with van der Waals surface area (Å²) in [6.07, 6.45) is 5.24. The molecule has 0 spiro atoms. The van der Waals surface area contributed by atoms with Crippen molar-refractivity contribution in [2.75, 3.05) is 44.2 Å². The average Bonchev–Trinajstić information content (AvgIpc) is 3.67. The molecule has 6 amide bonds. The molecule has 3 aromatic rings. The van der Waals surface area contributed by atoms with Crippen LogP contribution in [0.15, 0.2) is 60.7 Å². The van der Waals surface area contributed by atoms with Gasteiger partial charge in [-0.05, 0) is 86.7 Å². The second-order valence-electron chi connectivity index (χ2n) is 16.4. The predicted molar refractivity (Wildman–Crippen MR) is 215 cm³/mol. The van der Waals surface area contributed by atoms with Crippen LogP contribution in [0.2, 0.25) is 5.02 Å². The number of ether oxygens (including phenoxy) is 1.